The van der Waals surface area contributed by atoms with Crippen LogP contribution in [0.3, 0.4) is 0 Å². The Hall–Kier alpha value is -2.47. The van der Waals surface area contributed by atoms with Gasteiger partial charge in [0.1, 0.15) is 0 Å². The van der Waals surface area contributed by atoms with Crippen molar-refractivity contribution in [3.05, 3.63) is 64.7 Å². The Bertz CT molecular complexity index is 1330. The van der Waals surface area contributed by atoms with Gasteiger partial charge in [-0.25, -0.2) is 8.42 Å². The molecule has 42 heavy (non-hydrogen) atoms. The summed E-state index contributed by atoms with van der Waals surface area (Å²) in [4.78, 5) is 10.6. The van der Waals surface area contributed by atoms with E-state index in [1.807, 2.05) is 26.0 Å². The number of nitrogens with zero attached hydrogens (tertiary/aromatic N) is 1. The first-order chi connectivity index (χ1) is 19.3. The molecule has 0 unspecified atom stereocenters. The second-order valence-corrected chi connectivity index (χ2v) is 15.0. The van der Waals surface area contributed by atoms with Crippen molar-refractivity contribution < 1.29 is 36.6 Å². The Kier molecular flexibility index (Phi) is 10.6. The number of halogens is 3. The Balaban J connectivity index is 1.62. The number of fused-ring (bicyclic) bond motifs is 1. The van der Waals surface area contributed by atoms with Crippen LogP contribution in [0, 0.1) is 11.3 Å². The number of nitrogens with one attached hydrogen (secondary N) is 1. The van der Waals surface area contributed by atoms with E-state index in [4.69, 9.17) is 5.11 Å². The van der Waals surface area contributed by atoms with E-state index in [-0.39, 0.29) is 43.5 Å². The van der Waals surface area contributed by atoms with Crippen LogP contribution < -0.4 is 5.32 Å². The molecule has 2 aromatic rings. The molecule has 0 radical (unpaired) electrons. The van der Waals surface area contributed by atoms with Crippen LogP contribution in [0.25, 0.3) is 0 Å². The third-order valence-corrected chi connectivity index (χ3v) is 9.83. The van der Waals surface area contributed by atoms with Gasteiger partial charge < -0.3 is 15.5 Å². The van der Waals surface area contributed by atoms with Crippen LogP contribution >= 0.6 is 0 Å². The standard InChI is InChI=1S/C31H43F3N2O5S/c1-29(2,18-28(38)39)13-12-22-10-11-26(16-27(22)31(32,33)34)42(40,41)36(5)20-25(37)19-35-30(3,4)17-21-14-23-8-6-7-9-24(23)15-21/h6-11,16,21,25,35,37H,12-15,17-20H2,1-5H3,(H,38,39)/t25-/m0/s1. The van der Waals surface area contributed by atoms with Crippen LogP contribution in [-0.2, 0) is 40.3 Å². The molecular formula is C31H43F3N2O5S. The van der Waals surface area contributed by atoms with Gasteiger partial charge in [-0.3, -0.25) is 4.79 Å². The number of alkyl halides is 3. The predicted octanol–water partition coefficient (Wildman–Crippen LogP) is 5.29. The fourth-order valence-electron chi connectivity index (χ4n) is 5.79. The van der Waals surface area contributed by atoms with Gasteiger partial charge in [0.2, 0.25) is 10.0 Å². The zero-order chi connectivity index (χ0) is 31.5. The molecule has 234 valence electrons. The van der Waals surface area contributed by atoms with E-state index in [1.54, 1.807) is 13.8 Å². The van der Waals surface area contributed by atoms with E-state index in [1.165, 1.54) is 18.2 Å². The number of aliphatic carboxylic acids is 1. The van der Waals surface area contributed by atoms with Gasteiger partial charge in [-0.1, -0.05) is 44.2 Å². The Morgan fingerprint density at radius 3 is 2.21 bits per heavy atom. The average Bonchev–Trinajstić information content (AvgIpc) is 3.26. The van der Waals surface area contributed by atoms with Crippen molar-refractivity contribution in [2.24, 2.45) is 11.3 Å². The minimum Gasteiger partial charge on any atom is -0.481 e. The molecule has 0 spiro atoms. The second-order valence-electron chi connectivity index (χ2n) is 13.0. The van der Waals surface area contributed by atoms with Crippen LogP contribution in [0.4, 0.5) is 13.2 Å². The number of aryl methyl sites for hydroxylation is 1. The van der Waals surface area contributed by atoms with E-state index in [2.05, 4.69) is 17.4 Å². The third kappa shape index (κ3) is 9.26. The number of rotatable bonds is 14. The van der Waals surface area contributed by atoms with Gasteiger partial charge in [-0.05, 0) is 86.1 Å². The lowest BCUT2D eigenvalue weighted by molar-refractivity contribution is -0.140. The summed E-state index contributed by atoms with van der Waals surface area (Å²) in [5.74, 6) is -0.583. The third-order valence-electron chi connectivity index (χ3n) is 8.01. The first-order valence-corrected chi connectivity index (χ1v) is 15.6. The van der Waals surface area contributed by atoms with Gasteiger partial charge in [-0.15, -0.1) is 0 Å². The lowest BCUT2D eigenvalue weighted by atomic mass is 9.82. The van der Waals surface area contributed by atoms with Gasteiger partial charge in [0.05, 0.1) is 23.0 Å². The van der Waals surface area contributed by atoms with Crippen molar-refractivity contribution in [2.75, 3.05) is 20.1 Å². The molecule has 0 bridgehead atoms. The topological polar surface area (TPSA) is 107 Å². The van der Waals surface area contributed by atoms with Crippen LogP contribution in [0.5, 0.6) is 0 Å². The highest BCUT2D eigenvalue weighted by Crippen LogP contribution is 2.37. The van der Waals surface area contributed by atoms with Crippen molar-refractivity contribution in [1.29, 1.82) is 0 Å². The Morgan fingerprint density at radius 2 is 1.67 bits per heavy atom. The predicted molar refractivity (Wildman–Crippen MR) is 156 cm³/mol. The largest absolute Gasteiger partial charge is 0.481 e. The number of likely N-dealkylation sites (N-methyl/N-ethyl adjacent to an activating group) is 1. The zero-order valence-electron chi connectivity index (χ0n) is 25.0. The number of hydrogen-bond acceptors (Lipinski definition) is 5. The Labute approximate surface area is 247 Å². The summed E-state index contributed by atoms with van der Waals surface area (Å²) in [6.07, 6.45) is -3.12. The van der Waals surface area contributed by atoms with Crippen molar-refractivity contribution in [3.63, 3.8) is 0 Å². The molecule has 1 aliphatic carbocycles. The molecular weight excluding hydrogens is 569 g/mol. The number of sulfonamides is 1. The smallest absolute Gasteiger partial charge is 0.416 e. The van der Waals surface area contributed by atoms with E-state index in [9.17, 15) is 31.5 Å². The van der Waals surface area contributed by atoms with Crippen molar-refractivity contribution >= 4 is 16.0 Å². The first kappa shape index (κ1) is 34.0. The molecule has 0 saturated carbocycles. The highest BCUT2D eigenvalue weighted by molar-refractivity contribution is 7.89. The summed E-state index contributed by atoms with van der Waals surface area (Å²) in [5.41, 5.74) is 0.491. The Morgan fingerprint density at radius 1 is 1.07 bits per heavy atom. The molecule has 1 aliphatic rings. The molecule has 0 aliphatic heterocycles. The van der Waals surface area contributed by atoms with Gasteiger partial charge in [0.15, 0.2) is 0 Å². The van der Waals surface area contributed by atoms with Gasteiger partial charge >= 0.3 is 12.1 Å². The van der Waals surface area contributed by atoms with Crippen molar-refractivity contribution in [3.8, 4) is 0 Å². The summed E-state index contributed by atoms with van der Waals surface area (Å²) in [7, 11) is -3.10. The summed E-state index contributed by atoms with van der Waals surface area (Å²) in [6, 6.07) is 11.3. The molecule has 0 fully saturated rings. The highest BCUT2D eigenvalue weighted by atomic mass is 32.2. The number of aliphatic hydroxyl groups excluding tert-OH is 1. The van der Waals surface area contributed by atoms with Gasteiger partial charge in [0, 0.05) is 25.7 Å². The summed E-state index contributed by atoms with van der Waals surface area (Å²) in [6.45, 7) is 7.21. The lowest BCUT2D eigenvalue weighted by Gasteiger charge is -2.31. The number of hydrogen-bond donors (Lipinski definition) is 3. The van der Waals surface area contributed by atoms with E-state index in [0.29, 0.717) is 12.0 Å². The maximum absolute atomic E-state index is 13.9. The van der Waals surface area contributed by atoms with E-state index < -0.39 is 44.1 Å². The second kappa shape index (κ2) is 13.0. The zero-order valence-corrected chi connectivity index (χ0v) is 25.8. The van der Waals surface area contributed by atoms with Gasteiger partial charge in [-0.2, -0.15) is 17.5 Å². The van der Waals surface area contributed by atoms with Crippen LogP contribution in [0.1, 0.15) is 69.2 Å². The number of carboxylic acids is 1. The molecule has 7 nitrogen and oxygen atoms in total. The number of carbonyl (C=O) groups is 1. The number of benzene rings is 2. The maximum Gasteiger partial charge on any atom is 0.416 e. The van der Waals surface area contributed by atoms with Crippen molar-refractivity contribution in [2.45, 2.75) is 88.9 Å². The maximum atomic E-state index is 13.9. The molecule has 0 amide bonds. The first-order valence-electron chi connectivity index (χ1n) is 14.2. The monoisotopic (exact) mass is 612 g/mol. The molecule has 1 atom stereocenters. The molecule has 3 rings (SSSR count). The number of aliphatic hydroxyl groups is 1. The SMILES string of the molecule is CN(C[C@@H](O)CNC(C)(C)CC1Cc2ccccc2C1)S(=O)(=O)c1ccc(CCC(C)(C)CC(=O)O)c(C(F)(F)F)c1. The molecule has 3 N–H and O–H groups in total. The molecule has 0 aromatic heterocycles. The van der Waals surface area contributed by atoms with Crippen LogP contribution in [-0.4, -0.2) is 60.7 Å². The van der Waals surface area contributed by atoms with Crippen molar-refractivity contribution in [1.82, 2.24) is 9.62 Å². The van der Waals surface area contributed by atoms with Gasteiger partial charge in [0.25, 0.3) is 0 Å². The highest BCUT2D eigenvalue weighted by Gasteiger charge is 2.36. The normalized spacial score (nSPS) is 15.7. The van der Waals surface area contributed by atoms with Crippen LogP contribution in [0.15, 0.2) is 47.4 Å². The molecule has 2 aromatic carbocycles. The van der Waals surface area contributed by atoms with Crippen LogP contribution in [0.2, 0.25) is 0 Å². The fourth-order valence-corrected chi connectivity index (χ4v) is 7.03. The minimum atomic E-state index is -4.80. The lowest BCUT2D eigenvalue weighted by Crippen LogP contribution is -2.47. The van der Waals surface area contributed by atoms with E-state index >= 15 is 0 Å². The summed E-state index contributed by atoms with van der Waals surface area (Å²) >= 11 is 0. The fraction of sp³-hybridized carbons (Fsp3) is 0.581. The summed E-state index contributed by atoms with van der Waals surface area (Å²) in [5, 5.41) is 23.0. The molecule has 0 saturated heterocycles. The van der Waals surface area contributed by atoms with E-state index in [0.717, 1.165) is 35.7 Å². The number of β-amino-alcohol motifs (C(OH)–C–C–N with tert-alkyl or cyclic N) is 1. The summed E-state index contributed by atoms with van der Waals surface area (Å²) < 4.78 is 69.1. The minimum absolute atomic E-state index is 0.0571. The molecule has 11 heteroatoms. The average molecular weight is 613 g/mol. The number of carboxylic acid groups (broad SMARTS) is 1. The molecule has 0 heterocycles. The quantitative estimate of drug-likeness (QED) is 0.268.